The van der Waals surface area contributed by atoms with Gasteiger partial charge in [-0.05, 0) is 46.9 Å². The zero-order valence-electron chi connectivity index (χ0n) is 16.6. The molecule has 4 nitrogen and oxygen atoms in total. The van der Waals surface area contributed by atoms with Crippen LogP contribution in [0.25, 0.3) is 0 Å². The highest BCUT2D eigenvalue weighted by Crippen LogP contribution is 2.64. The third-order valence-electron chi connectivity index (χ3n) is 7.30. The Labute approximate surface area is 174 Å². The normalized spacial score (nSPS) is 28.3. The lowest BCUT2D eigenvalue weighted by Crippen LogP contribution is -2.55. The number of hydrogen-bond acceptors (Lipinski definition) is 3. The Morgan fingerprint density at radius 3 is 2.10 bits per heavy atom. The van der Waals surface area contributed by atoms with Gasteiger partial charge < -0.3 is 5.11 Å². The summed E-state index contributed by atoms with van der Waals surface area (Å²) in [6.45, 7) is 1.74. The van der Waals surface area contributed by atoms with Crippen LogP contribution >= 0.6 is 0 Å². The summed E-state index contributed by atoms with van der Waals surface area (Å²) in [6.07, 6.45) is 0. The standard InChI is InChI=1S/C26H21NO3/c1-15-7-6-8-16(13-15)27-24(29)22-21-17-9-2-4-11-19(17)26(14-28,23(22)25(27)30)20-12-5-3-10-18(20)21/h2-13,21-23,28H,14H2,1H3/t21?,22-,23+,26?/m0/s1. The number of aliphatic hydroxyl groups excluding tert-OH is 1. The molecular weight excluding hydrogens is 374 g/mol. The summed E-state index contributed by atoms with van der Waals surface area (Å²) in [6, 6.07) is 23.5. The number of imide groups is 1. The van der Waals surface area contributed by atoms with Crippen molar-refractivity contribution in [3.8, 4) is 0 Å². The van der Waals surface area contributed by atoms with E-state index in [1.165, 1.54) is 4.90 Å². The first-order chi connectivity index (χ1) is 14.6. The second-order valence-electron chi connectivity index (χ2n) is 8.64. The van der Waals surface area contributed by atoms with Gasteiger partial charge in [0.25, 0.3) is 0 Å². The number of hydrogen-bond donors (Lipinski definition) is 1. The summed E-state index contributed by atoms with van der Waals surface area (Å²) < 4.78 is 0. The lowest BCUT2D eigenvalue weighted by atomic mass is 9.47. The molecule has 4 heteroatoms. The van der Waals surface area contributed by atoms with Gasteiger partial charge in [-0.2, -0.15) is 0 Å². The average molecular weight is 395 g/mol. The van der Waals surface area contributed by atoms with Crippen LogP contribution in [0, 0.1) is 18.8 Å². The number of anilines is 1. The number of rotatable bonds is 2. The Morgan fingerprint density at radius 2 is 1.50 bits per heavy atom. The molecule has 1 aliphatic heterocycles. The van der Waals surface area contributed by atoms with Crippen LogP contribution in [-0.4, -0.2) is 23.5 Å². The minimum atomic E-state index is -0.905. The van der Waals surface area contributed by atoms with Gasteiger partial charge in [-0.15, -0.1) is 0 Å². The number of carbonyl (C=O) groups is 2. The minimum Gasteiger partial charge on any atom is -0.395 e. The fourth-order valence-corrected chi connectivity index (χ4v) is 6.22. The number of nitrogens with zero attached hydrogens (tertiary/aromatic N) is 1. The topological polar surface area (TPSA) is 57.6 Å². The van der Waals surface area contributed by atoms with Gasteiger partial charge in [-0.25, -0.2) is 4.90 Å². The highest BCUT2D eigenvalue weighted by molar-refractivity contribution is 6.23. The summed E-state index contributed by atoms with van der Waals surface area (Å²) in [7, 11) is 0. The van der Waals surface area contributed by atoms with Gasteiger partial charge in [0, 0.05) is 5.92 Å². The predicted molar refractivity (Wildman–Crippen MR) is 113 cm³/mol. The van der Waals surface area contributed by atoms with Crippen LogP contribution in [0.1, 0.15) is 33.7 Å². The first kappa shape index (κ1) is 17.6. The fraction of sp³-hybridized carbons (Fsp3) is 0.231. The van der Waals surface area contributed by atoms with E-state index in [0.717, 1.165) is 27.8 Å². The molecule has 1 N–H and O–H groups in total. The van der Waals surface area contributed by atoms with Gasteiger partial charge in [-0.1, -0.05) is 60.7 Å². The Bertz CT molecular complexity index is 1180. The molecule has 0 spiro atoms. The molecule has 0 radical (unpaired) electrons. The molecule has 3 aromatic carbocycles. The maximum Gasteiger partial charge on any atom is 0.239 e. The number of carbonyl (C=O) groups excluding carboxylic acids is 2. The number of aryl methyl sites for hydroxylation is 1. The van der Waals surface area contributed by atoms with E-state index in [1.807, 2.05) is 79.7 Å². The van der Waals surface area contributed by atoms with Crippen molar-refractivity contribution in [2.45, 2.75) is 18.3 Å². The van der Waals surface area contributed by atoms with Gasteiger partial charge in [0.15, 0.2) is 0 Å². The molecular formula is C26H21NO3. The number of benzene rings is 3. The van der Waals surface area contributed by atoms with E-state index < -0.39 is 17.3 Å². The Balaban J connectivity index is 1.65. The van der Waals surface area contributed by atoms with E-state index in [2.05, 4.69) is 0 Å². The van der Waals surface area contributed by atoms with Crippen molar-refractivity contribution in [1.82, 2.24) is 0 Å². The smallest absolute Gasteiger partial charge is 0.239 e. The van der Waals surface area contributed by atoms with Crippen molar-refractivity contribution in [1.29, 1.82) is 0 Å². The van der Waals surface area contributed by atoms with Crippen molar-refractivity contribution >= 4 is 17.5 Å². The third-order valence-corrected chi connectivity index (χ3v) is 7.30. The Kier molecular flexibility index (Phi) is 3.46. The Hall–Kier alpha value is -3.24. The summed E-state index contributed by atoms with van der Waals surface area (Å²) in [4.78, 5) is 28.9. The van der Waals surface area contributed by atoms with Gasteiger partial charge in [0.05, 0.1) is 29.5 Å². The Morgan fingerprint density at radius 1 is 0.867 bits per heavy atom. The van der Waals surface area contributed by atoms with E-state index in [1.54, 1.807) is 0 Å². The van der Waals surface area contributed by atoms with E-state index in [-0.39, 0.29) is 24.3 Å². The molecule has 30 heavy (non-hydrogen) atoms. The third kappa shape index (κ3) is 1.90. The molecule has 0 aromatic heterocycles. The summed E-state index contributed by atoms with van der Waals surface area (Å²) in [5.74, 6) is -1.66. The minimum absolute atomic E-state index is 0.164. The van der Waals surface area contributed by atoms with Crippen LogP contribution in [0.4, 0.5) is 5.69 Å². The molecule has 7 rings (SSSR count). The van der Waals surface area contributed by atoms with Crippen LogP contribution in [0.5, 0.6) is 0 Å². The molecule has 1 heterocycles. The molecule has 2 amide bonds. The van der Waals surface area contributed by atoms with Crippen LogP contribution < -0.4 is 4.90 Å². The summed E-state index contributed by atoms with van der Waals surface area (Å²) in [5.41, 5.74) is 4.76. The average Bonchev–Trinajstić information content (AvgIpc) is 3.05. The van der Waals surface area contributed by atoms with Gasteiger partial charge in [0.1, 0.15) is 0 Å². The van der Waals surface area contributed by atoms with Crippen molar-refractivity contribution in [3.63, 3.8) is 0 Å². The maximum atomic E-state index is 13.8. The zero-order chi connectivity index (χ0) is 20.6. The summed E-state index contributed by atoms with van der Waals surface area (Å²) >= 11 is 0. The molecule has 3 aliphatic carbocycles. The molecule has 148 valence electrons. The lowest BCUT2D eigenvalue weighted by molar-refractivity contribution is -0.124. The molecule has 3 aromatic rings. The first-order valence-electron chi connectivity index (χ1n) is 10.3. The van der Waals surface area contributed by atoms with Crippen LogP contribution in [0.2, 0.25) is 0 Å². The van der Waals surface area contributed by atoms with Gasteiger partial charge in [0.2, 0.25) is 11.8 Å². The van der Waals surface area contributed by atoms with Crippen molar-refractivity contribution in [2.24, 2.45) is 11.8 Å². The fourth-order valence-electron chi connectivity index (χ4n) is 6.22. The molecule has 0 saturated carbocycles. The molecule has 1 saturated heterocycles. The summed E-state index contributed by atoms with van der Waals surface area (Å²) in [5, 5.41) is 10.8. The van der Waals surface area contributed by atoms with Crippen molar-refractivity contribution < 1.29 is 14.7 Å². The predicted octanol–water partition coefficient (Wildman–Crippen LogP) is 3.54. The monoisotopic (exact) mass is 395 g/mol. The quantitative estimate of drug-likeness (QED) is 0.676. The number of aliphatic hydroxyl groups is 1. The SMILES string of the molecule is Cc1cccc(N2C(=O)[C@H]3C4c5ccccc5C(CO)(c5ccccc54)[C@H]3C2=O)c1. The van der Waals surface area contributed by atoms with E-state index in [9.17, 15) is 14.7 Å². The van der Waals surface area contributed by atoms with Crippen LogP contribution in [0.15, 0.2) is 72.8 Å². The molecule has 0 unspecified atom stereocenters. The van der Waals surface area contributed by atoms with Gasteiger partial charge in [-0.3, -0.25) is 9.59 Å². The molecule has 2 atom stereocenters. The van der Waals surface area contributed by atoms with Crippen molar-refractivity contribution in [2.75, 3.05) is 11.5 Å². The number of amides is 2. The maximum absolute atomic E-state index is 13.8. The lowest BCUT2D eigenvalue weighted by Gasteiger charge is -2.53. The van der Waals surface area contributed by atoms with E-state index in [0.29, 0.717) is 5.69 Å². The zero-order valence-corrected chi connectivity index (χ0v) is 16.6. The molecule has 1 fully saturated rings. The second kappa shape index (κ2) is 5.89. The van der Waals surface area contributed by atoms with E-state index >= 15 is 0 Å². The van der Waals surface area contributed by atoms with Crippen LogP contribution in [-0.2, 0) is 15.0 Å². The van der Waals surface area contributed by atoms with Crippen LogP contribution in [0.3, 0.4) is 0 Å². The molecule has 4 aliphatic rings. The first-order valence-corrected chi connectivity index (χ1v) is 10.3. The van der Waals surface area contributed by atoms with E-state index in [4.69, 9.17) is 0 Å². The largest absolute Gasteiger partial charge is 0.395 e. The second-order valence-corrected chi connectivity index (χ2v) is 8.64. The highest BCUT2D eigenvalue weighted by Gasteiger charge is 2.68. The molecule has 2 bridgehead atoms. The van der Waals surface area contributed by atoms with Gasteiger partial charge >= 0.3 is 0 Å². The van der Waals surface area contributed by atoms with Crippen molar-refractivity contribution in [3.05, 3.63) is 101 Å². The highest BCUT2D eigenvalue weighted by atomic mass is 16.3.